The summed E-state index contributed by atoms with van der Waals surface area (Å²) in [6.45, 7) is 6.94. The van der Waals surface area contributed by atoms with Crippen LogP contribution in [0.1, 0.15) is 24.8 Å². The van der Waals surface area contributed by atoms with Crippen LogP contribution in [0.2, 0.25) is 0 Å². The van der Waals surface area contributed by atoms with Crippen LogP contribution < -0.4 is 10.1 Å². The van der Waals surface area contributed by atoms with Crippen molar-refractivity contribution >= 4 is 0 Å². The minimum Gasteiger partial charge on any atom is -0.493 e. The highest BCUT2D eigenvalue weighted by atomic mass is 16.5. The molecule has 0 radical (unpaired) electrons. The molecule has 1 unspecified atom stereocenters. The van der Waals surface area contributed by atoms with Gasteiger partial charge in [0, 0.05) is 0 Å². The number of ether oxygens (including phenoxy) is 1. The van der Waals surface area contributed by atoms with Gasteiger partial charge in [-0.3, -0.25) is 0 Å². The van der Waals surface area contributed by atoms with Crippen molar-refractivity contribution < 1.29 is 4.74 Å². The Kier molecular flexibility index (Phi) is 5.28. The standard InChI is InChI=1S/C16H23NO/c1-2-6-15-8-3-4-9-16(15)18-12-10-14-7-5-11-17-13-14/h2-4,8-9,14,17H,1,5-7,10-13H2. The molecule has 2 rings (SSSR count). The molecule has 0 aromatic heterocycles. The SMILES string of the molecule is C=CCc1ccccc1OCCC1CCCNC1. The molecule has 1 saturated heterocycles. The van der Waals surface area contributed by atoms with Crippen LogP contribution in [-0.4, -0.2) is 19.7 Å². The zero-order valence-corrected chi connectivity index (χ0v) is 11.0. The van der Waals surface area contributed by atoms with E-state index in [0.717, 1.165) is 37.7 Å². The van der Waals surface area contributed by atoms with Gasteiger partial charge < -0.3 is 10.1 Å². The van der Waals surface area contributed by atoms with Gasteiger partial charge in [0.1, 0.15) is 5.75 Å². The van der Waals surface area contributed by atoms with Gasteiger partial charge in [-0.05, 0) is 56.3 Å². The average Bonchev–Trinajstić information content (AvgIpc) is 2.42. The second-order valence-corrected chi connectivity index (χ2v) is 4.95. The number of hydrogen-bond acceptors (Lipinski definition) is 2. The zero-order chi connectivity index (χ0) is 12.6. The summed E-state index contributed by atoms with van der Waals surface area (Å²) in [6.07, 6.45) is 6.59. The summed E-state index contributed by atoms with van der Waals surface area (Å²) in [7, 11) is 0. The van der Waals surface area contributed by atoms with Gasteiger partial charge in [0.05, 0.1) is 6.61 Å². The Balaban J connectivity index is 1.80. The van der Waals surface area contributed by atoms with E-state index >= 15 is 0 Å². The number of benzene rings is 1. The van der Waals surface area contributed by atoms with E-state index in [1.54, 1.807) is 0 Å². The minimum absolute atomic E-state index is 0.783. The number of hydrogen-bond donors (Lipinski definition) is 1. The van der Waals surface area contributed by atoms with Gasteiger partial charge in [-0.1, -0.05) is 24.3 Å². The maximum absolute atomic E-state index is 5.92. The molecular weight excluding hydrogens is 222 g/mol. The molecule has 0 spiro atoms. The van der Waals surface area contributed by atoms with Crippen molar-refractivity contribution in [1.29, 1.82) is 0 Å². The number of allylic oxidation sites excluding steroid dienone is 1. The van der Waals surface area contributed by atoms with E-state index in [-0.39, 0.29) is 0 Å². The lowest BCUT2D eigenvalue weighted by Gasteiger charge is -2.22. The van der Waals surface area contributed by atoms with Crippen molar-refractivity contribution in [2.75, 3.05) is 19.7 Å². The van der Waals surface area contributed by atoms with Gasteiger partial charge in [-0.15, -0.1) is 6.58 Å². The Morgan fingerprint density at radius 3 is 3.06 bits per heavy atom. The Bertz CT molecular complexity index is 369. The van der Waals surface area contributed by atoms with E-state index in [1.807, 2.05) is 12.1 Å². The molecule has 0 amide bonds. The molecule has 2 nitrogen and oxygen atoms in total. The fraction of sp³-hybridized carbons (Fsp3) is 0.500. The van der Waals surface area contributed by atoms with Crippen molar-refractivity contribution in [3.63, 3.8) is 0 Å². The normalized spacial score (nSPS) is 19.4. The first-order valence-corrected chi connectivity index (χ1v) is 6.92. The first-order chi connectivity index (χ1) is 8.90. The van der Waals surface area contributed by atoms with E-state index in [9.17, 15) is 0 Å². The summed E-state index contributed by atoms with van der Waals surface area (Å²) >= 11 is 0. The van der Waals surface area contributed by atoms with E-state index in [0.29, 0.717) is 0 Å². The third kappa shape index (κ3) is 3.88. The second kappa shape index (κ2) is 7.22. The van der Waals surface area contributed by atoms with Gasteiger partial charge in [-0.2, -0.15) is 0 Å². The quantitative estimate of drug-likeness (QED) is 0.777. The predicted octanol–water partition coefficient (Wildman–Crippen LogP) is 3.18. The maximum Gasteiger partial charge on any atom is 0.122 e. The highest BCUT2D eigenvalue weighted by Gasteiger charge is 2.12. The van der Waals surface area contributed by atoms with E-state index in [2.05, 4.69) is 30.1 Å². The van der Waals surface area contributed by atoms with E-state index < -0.39 is 0 Å². The zero-order valence-electron chi connectivity index (χ0n) is 11.0. The monoisotopic (exact) mass is 245 g/mol. The molecule has 0 bridgehead atoms. The van der Waals surface area contributed by atoms with E-state index in [1.165, 1.54) is 24.9 Å². The van der Waals surface area contributed by atoms with Gasteiger partial charge >= 0.3 is 0 Å². The van der Waals surface area contributed by atoms with Gasteiger partial charge in [-0.25, -0.2) is 0 Å². The molecule has 1 aliphatic heterocycles. The molecular formula is C16H23NO. The molecule has 2 heteroatoms. The highest BCUT2D eigenvalue weighted by Crippen LogP contribution is 2.20. The number of para-hydroxylation sites is 1. The molecule has 98 valence electrons. The van der Waals surface area contributed by atoms with Gasteiger partial charge in [0.2, 0.25) is 0 Å². The summed E-state index contributed by atoms with van der Waals surface area (Å²) in [5.74, 6) is 1.80. The topological polar surface area (TPSA) is 21.3 Å². The second-order valence-electron chi connectivity index (χ2n) is 4.95. The Morgan fingerprint density at radius 1 is 1.39 bits per heavy atom. The Labute approximate surface area is 110 Å². The molecule has 18 heavy (non-hydrogen) atoms. The van der Waals surface area contributed by atoms with Crippen LogP contribution in [0.25, 0.3) is 0 Å². The van der Waals surface area contributed by atoms with Crippen LogP contribution in [0, 0.1) is 5.92 Å². The van der Waals surface area contributed by atoms with Gasteiger partial charge in [0.25, 0.3) is 0 Å². The molecule has 1 N–H and O–H groups in total. The lowest BCUT2D eigenvalue weighted by atomic mass is 9.97. The summed E-state index contributed by atoms with van der Waals surface area (Å²) in [4.78, 5) is 0. The smallest absolute Gasteiger partial charge is 0.122 e. The largest absolute Gasteiger partial charge is 0.493 e. The fourth-order valence-electron chi connectivity index (χ4n) is 2.47. The van der Waals surface area contributed by atoms with Crippen LogP contribution in [0.15, 0.2) is 36.9 Å². The summed E-state index contributed by atoms with van der Waals surface area (Å²) in [5, 5.41) is 3.45. The number of rotatable bonds is 6. The van der Waals surface area contributed by atoms with Crippen molar-refractivity contribution in [2.45, 2.75) is 25.7 Å². The Morgan fingerprint density at radius 2 is 2.28 bits per heavy atom. The average molecular weight is 245 g/mol. The maximum atomic E-state index is 5.92. The minimum atomic E-state index is 0.783. The molecule has 1 aromatic carbocycles. The molecule has 0 aliphatic carbocycles. The third-order valence-electron chi connectivity index (χ3n) is 3.52. The third-order valence-corrected chi connectivity index (χ3v) is 3.52. The molecule has 1 aliphatic rings. The number of piperidine rings is 1. The summed E-state index contributed by atoms with van der Waals surface area (Å²) < 4.78 is 5.92. The highest BCUT2D eigenvalue weighted by molar-refractivity contribution is 5.34. The molecule has 1 fully saturated rings. The summed E-state index contributed by atoms with van der Waals surface area (Å²) in [6, 6.07) is 8.25. The van der Waals surface area contributed by atoms with Crippen molar-refractivity contribution in [3.8, 4) is 5.75 Å². The predicted molar refractivity (Wildman–Crippen MR) is 76.0 cm³/mol. The van der Waals surface area contributed by atoms with Crippen molar-refractivity contribution in [1.82, 2.24) is 5.32 Å². The Hall–Kier alpha value is -1.28. The lowest BCUT2D eigenvalue weighted by Crippen LogP contribution is -2.30. The van der Waals surface area contributed by atoms with Gasteiger partial charge in [0.15, 0.2) is 0 Å². The molecule has 0 saturated carbocycles. The molecule has 1 atom stereocenters. The van der Waals surface area contributed by atoms with Crippen LogP contribution in [0.5, 0.6) is 5.75 Å². The summed E-state index contributed by atoms with van der Waals surface area (Å²) in [5.41, 5.74) is 1.23. The van der Waals surface area contributed by atoms with E-state index in [4.69, 9.17) is 4.74 Å². The van der Waals surface area contributed by atoms with Crippen LogP contribution in [0.4, 0.5) is 0 Å². The van der Waals surface area contributed by atoms with Crippen LogP contribution in [0.3, 0.4) is 0 Å². The first-order valence-electron chi connectivity index (χ1n) is 6.92. The van der Waals surface area contributed by atoms with Crippen LogP contribution >= 0.6 is 0 Å². The molecule has 1 heterocycles. The fourth-order valence-corrected chi connectivity index (χ4v) is 2.47. The number of nitrogens with one attached hydrogen (secondary N) is 1. The first kappa shape index (κ1) is 13.2. The molecule has 1 aromatic rings. The lowest BCUT2D eigenvalue weighted by molar-refractivity contribution is 0.252. The van der Waals surface area contributed by atoms with Crippen molar-refractivity contribution in [2.24, 2.45) is 5.92 Å². The van der Waals surface area contributed by atoms with Crippen LogP contribution in [-0.2, 0) is 6.42 Å². The van der Waals surface area contributed by atoms with Crippen molar-refractivity contribution in [3.05, 3.63) is 42.5 Å².